The summed E-state index contributed by atoms with van der Waals surface area (Å²) in [6.07, 6.45) is 5.24. The highest BCUT2D eigenvalue weighted by atomic mass is 35.5. The van der Waals surface area contributed by atoms with E-state index in [-0.39, 0.29) is 10.7 Å². The summed E-state index contributed by atoms with van der Waals surface area (Å²) in [5.41, 5.74) is -0.299. The lowest BCUT2D eigenvalue weighted by molar-refractivity contribution is -0.184. The van der Waals surface area contributed by atoms with Crippen LogP contribution in [0.15, 0.2) is 12.4 Å². The first kappa shape index (κ1) is 25.3. The van der Waals surface area contributed by atoms with Gasteiger partial charge < -0.3 is 18.9 Å². The number of unbranched alkanes of at least 4 members (excludes halogenated alkanes) is 3. The van der Waals surface area contributed by atoms with Crippen LogP contribution in [0.25, 0.3) is 5.52 Å². The van der Waals surface area contributed by atoms with Crippen molar-refractivity contribution in [2.75, 3.05) is 19.8 Å². The molecule has 0 bridgehead atoms. The van der Waals surface area contributed by atoms with Crippen molar-refractivity contribution in [3.05, 3.63) is 29.1 Å². The summed E-state index contributed by atoms with van der Waals surface area (Å²) >= 11 is 6.15. The van der Waals surface area contributed by atoms with E-state index in [2.05, 4.69) is 30.9 Å². The van der Waals surface area contributed by atoms with E-state index in [4.69, 9.17) is 30.5 Å². The lowest BCUT2D eigenvalue weighted by atomic mass is 9.92. The smallest absolute Gasteiger partial charge is 0.187 e. The number of rotatable bonds is 13. The van der Waals surface area contributed by atoms with E-state index in [1.165, 1.54) is 16.9 Å². The Labute approximate surface area is 194 Å². The Hall–Kier alpha value is -1.32. The maximum absolute atomic E-state index is 14.8. The number of hydrogen-bond acceptors (Lipinski definition) is 6. The van der Waals surface area contributed by atoms with Gasteiger partial charge in [0.1, 0.15) is 29.7 Å². The first-order chi connectivity index (χ1) is 15.5. The molecule has 1 fully saturated rings. The highest BCUT2D eigenvalue weighted by Crippen LogP contribution is 2.47. The van der Waals surface area contributed by atoms with Gasteiger partial charge in [0.25, 0.3) is 0 Å². The number of hydrogen-bond donors (Lipinski definition) is 0. The number of fused-ring (bicyclic) bond motifs is 1. The van der Waals surface area contributed by atoms with Gasteiger partial charge in [-0.2, -0.15) is 5.10 Å². The zero-order chi connectivity index (χ0) is 23.1. The summed E-state index contributed by atoms with van der Waals surface area (Å²) in [5, 5.41) is 4.28. The van der Waals surface area contributed by atoms with Crippen LogP contribution in [0.5, 0.6) is 0 Å². The fourth-order valence-electron chi connectivity index (χ4n) is 3.96. The topological polar surface area (TPSA) is 67.1 Å². The molecule has 2 aromatic rings. The highest BCUT2D eigenvalue weighted by molar-refractivity contribution is 6.32. The molecular formula is C23H35ClFN3O4. The van der Waals surface area contributed by atoms with Crippen molar-refractivity contribution < 1.29 is 23.3 Å². The summed E-state index contributed by atoms with van der Waals surface area (Å²) < 4.78 is 41.5. The fraction of sp³-hybridized carbons (Fsp3) is 0.739. The molecule has 0 aromatic carbocycles. The Morgan fingerprint density at radius 2 is 1.75 bits per heavy atom. The van der Waals surface area contributed by atoms with E-state index in [1.807, 2.05) is 6.92 Å². The second kappa shape index (κ2) is 11.7. The molecule has 0 aliphatic carbocycles. The van der Waals surface area contributed by atoms with Crippen molar-refractivity contribution in [1.29, 1.82) is 0 Å². The van der Waals surface area contributed by atoms with Gasteiger partial charge in [0.05, 0.1) is 5.69 Å². The van der Waals surface area contributed by atoms with Gasteiger partial charge in [0.2, 0.25) is 0 Å². The molecule has 0 spiro atoms. The number of ether oxygens (including phenoxy) is 4. The molecule has 1 aliphatic heterocycles. The molecule has 0 saturated carbocycles. The van der Waals surface area contributed by atoms with E-state index in [0.717, 1.165) is 38.5 Å². The van der Waals surface area contributed by atoms with Gasteiger partial charge in [-0.25, -0.2) is 13.9 Å². The minimum absolute atomic E-state index is 0.0434. The van der Waals surface area contributed by atoms with Gasteiger partial charge in [-0.15, -0.1) is 0 Å². The second-order valence-corrected chi connectivity index (χ2v) is 8.73. The summed E-state index contributed by atoms with van der Waals surface area (Å²) in [5.74, 6) is -0.510. The zero-order valence-corrected chi connectivity index (χ0v) is 20.2. The molecule has 3 heterocycles. The lowest BCUT2D eigenvalue weighted by Crippen LogP contribution is -2.47. The summed E-state index contributed by atoms with van der Waals surface area (Å²) in [6.45, 7) is 9.92. The van der Waals surface area contributed by atoms with Crippen molar-refractivity contribution in [1.82, 2.24) is 14.6 Å². The summed E-state index contributed by atoms with van der Waals surface area (Å²) in [6, 6.07) is 1.39. The SMILES string of the molecule is CCCCOC1O[C@@H](c2cc(F)c3c(Cl)ncnn23)[C@](C)(OCCCC)[C@@H]1OCCCC. The van der Waals surface area contributed by atoms with Gasteiger partial charge in [-0.05, 0) is 26.2 Å². The normalized spacial score (nSPS) is 25.8. The molecule has 9 heteroatoms. The van der Waals surface area contributed by atoms with E-state index in [0.29, 0.717) is 25.5 Å². The minimum atomic E-state index is -0.905. The van der Waals surface area contributed by atoms with Crippen molar-refractivity contribution >= 4 is 17.1 Å². The van der Waals surface area contributed by atoms with Crippen molar-refractivity contribution in [3.8, 4) is 0 Å². The summed E-state index contributed by atoms with van der Waals surface area (Å²) in [7, 11) is 0. The molecular weight excluding hydrogens is 437 g/mol. The number of halogens is 2. The van der Waals surface area contributed by atoms with E-state index in [9.17, 15) is 4.39 Å². The van der Waals surface area contributed by atoms with Crippen LogP contribution < -0.4 is 0 Å². The number of aromatic nitrogens is 3. The van der Waals surface area contributed by atoms with E-state index < -0.39 is 29.9 Å². The predicted octanol–water partition coefficient (Wildman–Crippen LogP) is 5.50. The van der Waals surface area contributed by atoms with Crippen LogP contribution >= 0.6 is 11.6 Å². The molecule has 3 rings (SSSR count). The Balaban J connectivity index is 2.00. The van der Waals surface area contributed by atoms with Crippen LogP contribution in [0.3, 0.4) is 0 Å². The van der Waals surface area contributed by atoms with E-state index >= 15 is 0 Å². The molecule has 1 unspecified atom stereocenters. The largest absolute Gasteiger partial charge is 0.370 e. The van der Waals surface area contributed by atoms with Crippen LogP contribution in [0.4, 0.5) is 4.39 Å². The lowest BCUT2D eigenvalue weighted by Gasteiger charge is -2.35. The van der Waals surface area contributed by atoms with Crippen LogP contribution in [0.1, 0.15) is 78.0 Å². The molecule has 2 aromatic heterocycles. The molecule has 180 valence electrons. The predicted molar refractivity (Wildman–Crippen MR) is 120 cm³/mol. The molecule has 4 atom stereocenters. The molecule has 1 aliphatic rings. The zero-order valence-electron chi connectivity index (χ0n) is 19.5. The number of nitrogens with zero attached hydrogens (tertiary/aromatic N) is 3. The molecule has 0 amide bonds. The van der Waals surface area contributed by atoms with Gasteiger partial charge in [-0.3, -0.25) is 0 Å². The third-order valence-electron chi connectivity index (χ3n) is 5.85. The van der Waals surface area contributed by atoms with Crippen molar-refractivity contribution in [2.24, 2.45) is 0 Å². The highest BCUT2D eigenvalue weighted by Gasteiger charge is 2.58. The maximum atomic E-state index is 14.8. The second-order valence-electron chi connectivity index (χ2n) is 8.37. The molecule has 1 saturated heterocycles. The molecule has 0 radical (unpaired) electrons. The van der Waals surface area contributed by atoms with Crippen LogP contribution in [0.2, 0.25) is 5.15 Å². The van der Waals surface area contributed by atoms with Crippen molar-refractivity contribution in [2.45, 2.75) is 90.3 Å². The van der Waals surface area contributed by atoms with Gasteiger partial charge in [0, 0.05) is 25.9 Å². The average molecular weight is 472 g/mol. The molecule has 0 N–H and O–H groups in total. The van der Waals surface area contributed by atoms with Gasteiger partial charge in [0.15, 0.2) is 17.3 Å². The minimum Gasteiger partial charge on any atom is -0.370 e. The molecule has 7 nitrogen and oxygen atoms in total. The fourth-order valence-corrected chi connectivity index (χ4v) is 4.18. The maximum Gasteiger partial charge on any atom is 0.187 e. The quantitative estimate of drug-likeness (QED) is 0.359. The summed E-state index contributed by atoms with van der Waals surface area (Å²) in [4.78, 5) is 3.91. The van der Waals surface area contributed by atoms with Gasteiger partial charge in [-0.1, -0.05) is 51.6 Å². The Morgan fingerprint density at radius 1 is 1.09 bits per heavy atom. The van der Waals surface area contributed by atoms with Crippen molar-refractivity contribution in [3.63, 3.8) is 0 Å². The van der Waals surface area contributed by atoms with E-state index in [1.54, 1.807) is 0 Å². The first-order valence-electron chi connectivity index (χ1n) is 11.7. The third-order valence-corrected chi connectivity index (χ3v) is 6.13. The van der Waals surface area contributed by atoms with Crippen LogP contribution in [-0.2, 0) is 18.9 Å². The third kappa shape index (κ3) is 5.25. The monoisotopic (exact) mass is 471 g/mol. The van der Waals surface area contributed by atoms with Crippen LogP contribution in [-0.4, -0.2) is 52.4 Å². The average Bonchev–Trinajstić information content (AvgIpc) is 3.24. The van der Waals surface area contributed by atoms with Gasteiger partial charge >= 0.3 is 0 Å². The first-order valence-corrected chi connectivity index (χ1v) is 12.1. The van der Waals surface area contributed by atoms with Crippen LogP contribution in [0, 0.1) is 5.82 Å². The molecule has 32 heavy (non-hydrogen) atoms. The Morgan fingerprint density at radius 3 is 2.44 bits per heavy atom. The standard InChI is InChI=1S/C23H35ClFN3O4/c1-5-8-11-29-20-22(30-12-9-6-2)32-19(23(20,4)31-13-10-7-3)17-14-16(25)18-21(24)26-15-27-28(17)18/h14-15,19-20,22H,5-13H2,1-4H3/t19-,20+,22?,23-/m0/s1. The Kier molecular flexibility index (Phi) is 9.25. The Bertz CT molecular complexity index is 867.